The van der Waals surface area contributed by atoms with Crippen LogP contribution in [-0.2, 0) is 31.3 Å². The Balaban J connectivity index is 1.46. The maximum Gasteiger partial charge on any atom is 0.356 e. The van der Waals surface area contributed by atoms with Crippen LogP contribution in [0, 0.1) is 0 Å². The third-order valence-corrected chi connectivity index (χ3v) is 6.24. The number of aromatic nitrogens is 2. The van der Waals surface area contributed by atoms with Crippen LogP contribution in [0.1, 0.15) is 56.9 Å². The SMILES string of the molecule is Cn1nc(C(=O)O)c2c1CCN(Cc1ccc([C@H]3CCCCO3)s1)C2. The summed E-state index contributed by atoms with van der Waals surface area (Å²) >= 11 is 1.83. The molecule has 1 fully saturated rings. The minimum Gasteiger partial charge on any atom is -0.476 e. The molecule has 4 rings (SSSR count). The van der Waals surface area contributed by atoms with Crippen molar-refractivity contribution in [2.24, 2.45) is 7.05 Å². The second-order valence-electron chi connectivity index (χ2n) is 6.82. The number of thiophene rings is 1. The summed E-state index contributed by atoms with van der Waals surface area (Å²) in [4.78, 5) is 16.4. The number of carboxylic acids is 1. The number of hydrogen-bond acceptors (Lipinski definition) is 5. The van der Waals surface area contributed by atoms with Gasteiger partial charge in [0.15, 0.2) is 5.69 Å². The van der Waals surface area contributed by atoms with E-state index in [1.807, 2.05) is 18.4 Å². The number of aromatic carboxylic acids is 1. The van der Waals surface area contributed by atoms with Crippen molar-refractivity contribution >= 4 is 17.3 Å². The lowest BCUT2D eigenvalue weighted by Gasteiger charge is -2.26. The van der Waals surface area contributed by atoms with Crippen molar-refractivity contribution in [1.29, 1.82) is 0 Å². The molecule has 0 bridgehead atoms. The first-order valence-electron chi connectivity index (χ1n) is 8.82. The Labute approximate surface area is 151 Å². The number of hydrogen-bond donors (Lipinski definition) is 1. The minimum atomic E-state index is -0.938. The number of rotatable bonds is 4. The molecule has 1 atom stereocenters. The highest BCUT2D eigenvalue weighted by Crippen LogP contribution is 2.33. The van der Waals surface area contributed by atoms with Gasteiger partial charge in [-0.25, -0.2) is 4.79 Å². The number of aryl methyl sites for hydroxylation is 1. The van der Waals surface area contributed by atoms with E-state index in [2.05, 4.69) is 22.1 Å². The molecule has 0 saturated carbocycles. The first-order valence-corrected chi connectivity index (χ1v) is 9.64. The molecule has 1 N–H and O–H groups in total. The molecule has 0 unspecified atom stereocenters. The zero-order valence-electron chi connectivity index (χ0n) is 14.4. The molecule has 0 radical (unpaired) electrons. The zero-order valence-corrected chi connectivity index (χ0v) is 15.2. The van der Waals surface area contributed by atoms with Gasteiger partial charge in [0.05, 0.1) is 6.10 Å². The standard InChI is InChI=1S/C18H23N3O3S/c1-20-14-7-8-21(11-13(14)17(19-20)18(22)23)10-12-5-6-16(25-12)15-4-2-3-9-24-15/h5-6,15H,2-4,7-11H2,1H3,(H,22,23)/t15-/m1/s1. The van der Waals surface area contributed by atoms with Gasteiger partial charge in [0.1, 0.15) is 0 Å². The summed E-state index contributed by atoms with van der Waals surface area (Å²) in [6.45, 7) is 3.30. The molecule has 4 heterocycles. The molecule has 2 aliphatic rings. The summed E-state index contributed by atoms with van der Waals surface area (Å²) < 4.78 is 7.60. The summed E-state index contributed by atoms with van der Waals surface area (Å²) in [5.41, 5.74) is 2.12. The number of nitrogens with zero attached hydrogens (tertiary/aromatic N) is 3. The van der Waals surface area contributed by atoms with Gasteiger partial charge in [-0.1, -0.05) is 0 Å². The molecular formula is C18H23N3O3S. The maximum atomic E-state index is 11.4. The lowest BCUT2D eigenvalue weighted by molar-refractivity contribution is 0.0172. The number of fused-ring (bicyclic) bond motifs is 1. The monoisotopic (exact) mass is 361 g/mol. The Bertz CT molecular complexity index is 777. The van der Waals surface area contributed by atoms with Crippen LogP contribution in [-0.4, -0.2) is 38.9 Å². The van der Waals surface area contributed by atoms with Crippen LogP contribution in [0.15, 0.2) is 12.1 Å². The maximum absolute atomic E-state index is 11.4. The van der Waals surface area contributed by atoms with E-state index >= 15 is 0 Å². The average Bonchev–Trinajstić information content (AvgIpc) is 3.21. The van der Waals surface area contributed by atoms with Crippen molar-refractivity contribution in [2.45, 2.75) is 44.9 Å². The lowest BCUT2D eigenvalue weighted by Crippen LogP contribution is -2.30. The van der Waals surface area contributed by atoms with E-state index in [1.165, 1.54) is 22.6 Å². The molecule has 6 nitrogen and oxygen atoms in total. The zero-order chi connectivity index (χ0) is 17.4. The largest absolute Gasteiger partial charge is 0.476 e. The van der Waals surface area contributed by atoms with Crippen LogP contribution < -0.4 is 0 Å². The third-order valence-electron chi connectivity index (χ3n) is 5.08. The van der Waals surface area contributed by atoms with Crippen LogP contribution in [0.2, 0.25) is 0 Å². The second kappa shape index (κ2) is 6.90. The molecule has 134 valence electrons. The molecule has 2 aliphatic heterocycles. The van der Waals surface area contributed by atoms with Gasteiger partial charge in [0.25, 0.3) is 0 Å². The van der Waals surface area contributed by atoms with E-state index in [0.717, 1.165) is 43.8 Å². The van der Waals surface area contributed by atoms with Gasteiger partial charge in [0, 0.05) is 60.7 Å². The van der Waals surface area contributed by atoms with Crippen molar-refractivity contribution < 1.29 is 14.6 Å². The normalized spacial score (nSPS) is 21.2. The van der Waals surface area contributed by atoms with Gasteiger partial charge >= 0.3 is 5.97 Å². The number of carboxylic acid groups (broad SMARTS) is 1. The molecule has 1 saturated heterocycles. The highest BCUT2D eigenvalue weighted by molar-refractivity contribution is 7.12. The molecule has 7 heteroatoms. The van der Waals surface area contributed by atoms with Gasteiger partial charge in [-0.3, -0.25) is 9.58 Å². The Morgan fingerprint density at radius 1 is 1.44 bits per heavy atom. The molecule has 25 heavy (non-hydrogen) atoms. The van der Waals surface area contributed by atoms with Crippen molar-refractivity contribution in [3.05, 3.63) is 38.8 Å². The van der Waals surface area contributed by atoms with Gasteiger partial charge in [-0.15, -0.1) is 11.3 Å². The van der Waals surface area contributed by atoms with Crippen molar-refractivity contribution in [2.75, 3.05) is 13.2 Å². The molecule has 0 amide bonds. The van der Waals surface area contributed by atoms with Crippen molar-refractivity contribution in [3.63, 3.8) is 0 Å². The fourth-order valence-corrected chi connectivity index (χ4v) is 4.93. The van der Waals surface area contributed by atoms with Crippen LogP contribution in [0.5, 0.6) is 0 Å². The fraction of sp³-hybridized carbons (Fsp3) is 0.556. The Kier molecular flexibility index (Phi) is 4.62. The van der Waals surface area contributed by atoms with E-state index in [9.17, 15) is 9.90 Å². The van der Waals surface area contributed by atoms with Crippen molar-refractivity contribution in [3.8, 4) is 0 Å². The quantitative estimate of drug-likeness (QED) is 0.907. The molecular weight excluding hydrogens is 338 g/mol. The van der Waals surface area contributed by atoms with Gasteiger partial charge < -0.3 is 9.84 Å². The van der Waals surface area contributed by atoms with E-state index in [1.54, 1.807) is 4.68 Å². The van der Waals surface area contributed by atoms with E-state index in [4.69, 9.17) is 4.74 Å². The molecule has 0 aromatic carbocycles. The molecule has 0 spiro atoms. The van der Waals surface area contributed by atoms with Gasteiger partial charge in [-0.2, -0.15) is 5.10 Å². The van der Waals surface area contributed by atoms with Gasteiger partial charge in [-0.05, 0) is 31.4 Å². The number of ether oxygens (including phenoxy) is 1. The van der Waals surface area contributed by atoms with E-state index < -0.39 is 5.97 Å². The smallest absolute Gasteiger partial charge is 0.356 e. The van der Waals surface area contributed by atoms with Crippen LogP contribution in [0.4, 0.5) is 0 Å². The van der Waals surface area contributed by atoms with Crippen LogP contribution in [0.25, 0.3) is 0 Å². The predicted molar refractivity (Wildman–Crippen MR) is 94.8 cm³/mol. The fourth-order valence-electron chi connectivity index (χ4n) is 3.79. The lowest BCUT2D eigenvalue weighted by atomic mass is 10.0. The van der Waals surface area contributed by atoms with Gasteiger partial charge in [0.2, 0.25) is 0 Å². The van der Waals surface area contributed by atoms with E-state index in [-0.39, 0.29) is 11.8 Å². The number of carbonyl (C=O) groups is 1. The molecule has 0 aliphatic carbocycles. The third kappa shape index (κ3) is 3.36. The summed E-state index contributed by atoms with van der Waals surface area (Å²) in [6.07, 6.45) is 4.63. The Morgan fingerprint density at radius 2 is 2.32 bits per heavy atom. The molecule has 2 aromatic heterocycles. The average molecular weight is 361 g/mol. The Hall–Kier alpha value is -1.70. The first-order chi connectivity index (χ1) is 12.1. The van der Waals surface area contributed by atoms with Crippen LogP contribution >= 0.6 is 11.3 Å². The summed E-state index contributed by atoms with van der Waals surface area (Å²) in [5, 5.41) is 13.5. The van der Waals surface area contributed by atoms with E-state index in [0.29, 0.717) is 6.54 Å². The first kappa shape index (κ1) is 16.8. The highest BCUT2D eigenvalue weighted by Gasteiger charge is 2.27. The summed E-state index contributed by atoms with van der Waals surface area (Å²) in [6, 6.07) is 4.38. The summed E-state index contributed by atoms with van der Waals surface area (Å²) in [5.74, 6) is -0.938. The highest BCUT2D eigenvalue weighted by atomic mass is 32.1. The Morgan fingerprint density at radius 3 is 3.08 bits per heavy atom. The minimum absolute atomic E-state index is 0.199. The van der Waals surface area contributed by atoms with Crippen molar-refractivity contribution in [1.82, 2.24) is 14.7 Å². The summed E-state index contributed by atoms with van der Waals surface area (Å²) in [7, 11) is 1.83. The predicted octanol–water partition coefficient (Wildman–Crippen LogP) is 2.98. The topological polar surface area (TPSA) is 67.6 Å². The molecule has 2 aromatic rings. The van der Waals surface area contributed by atoms with Crippen LogP contribution in [0.3, 0.4) is 0 Å². The second-order valence-corrected chi connectivity index (χ2v) is 8.02.